The number of likely N-dealkylation sites (N-methyl/N-ethyl adjacent to an activating group) is 1. The first-order valence-electron chi connectivity index (χ1n) is 6.83. The van der Waals surface area contributed by atoms with Crippen molar-refractivity contribution in [3.8, 4) is 0 Å². The zero-order valence-corrected chi connectivity index (χ0v) is 13.2. The van der Waals surface area contributed by atoms with Crippen LogP contribution in [0.15, 0.2) is 6.07 Å². The minimum Gasteiger partial charge on any atom is -0.373 e. The molecule has 0 unspecified atom stereocenters. The number of anilines is 2. The van der Waals surface area contributed by atoms with Gasteiger partial charge in [0.15, 0.2) is 0 Å². The maximum atomic E-state index is 11.8. The second-order valence-electron chi connectivity index (χ2n) is 5.72. The smallest absolute Gasteiger partial charge is 0.241 e. The van der Waals surface area contributed by atoms with Gasteiger partial charge in [0.2, 0.25) is 5.91 Å². The second-order valence-corrected chi connectivity index (χ2v) is 5.72. The molecule has 0 aliphatic heterocycles. The van der Waals surface area contributed by atoms with Gasteiger partial charge < -0.3 is 15.5 Å². The van der Waals surface area contributed by atoms with Crippen molar-refractivity contribution in [2.45, 2.75) is 33.1 Å². The van der Waals surface area contributed by atoms with E-state index in [4.69, 9.17) is 0 Å². The number of nitrogens with zero attached hydrogens (tertiary/aromatic N) is 3. The Balaban J connectivity index is 2.87. The van der Waals surface area contributed by atoms with Crippen LogP contribution in [0.5, 0.6) is 0 Å². The highest BCUT2D eigenvalue weighted by Gasteiger charge is 2.19. The van der Waals surface area contributed by atoms with E-state index in [-0.39, 0.29) is 17.9 Å². The average Bonchev–Trinajstić information content (AvgIpc) is 2.42. The molecule has 20 heavy (non-hydrogen) atoms. The van der Waals surface area contributed by atoms with Gasteiger partial charge in [0, 0.05) is 32.1 Å². The maximum absolute atomic E-state index is 11.8. The van der Waals surface area contributed by atoms with Crippen molar-refractivity contribution < 1.29 is 4.79 Å². The van der Waals surface area contributed by atoms with E-state index in [0.717, 1.165) is 11.6 Å². The standard InChI is InChI=1S/C14H25N5O/c1-7-19(6)12(20)9-16-11-8-10(15-5)17-13(18-11)14(2,3)4/h8H,7,9H2,1-6H3,(H2,15,16,17,18). The molecule has 0 fully saturated rings. The quantitative estimate of drug-likeness (QED) is 0.858. The lowest BCUT2D eigenvalue weighted by Gasteiger charge is -2.19. The molecule has 1 rings (SSSR count). The fourth-order valence-electron chi connectivity index (χ4n) is 1.48. The number of amides is 1. The summed E-state index contributed by atoms with van der Waals surface area (Å²) in [6.07, 6.45) is 0. The summed E-state index contributed by atoms with van der Waals surface area (Å²) in [5.74, 6) is 2.17. The third-order valence-electron chi connectivity index (χ3n) is 2.97. The van der Waals surface area contributed by atoms with Crippen molar-refractivity contribution in [3.63, 3.8) is 0 Å². The molecule has 0 aliphatic rings. The van der Waals surface area contributed by atoms with Gasteiger partial charge in [0.05, 0.1) is 6.54 Å². The van der Waals surface area contributed by atoms with E-state index in [1.807, 2.05) is 14.0 Å². The maximum Gasteiger partial charge on any atom is 0.241 e. The Hall–Kier alpha value is -1.85. The molecule has 112 valence electrons. The zero-order valence-electron chi connectivity index (χ0n) is 13.2. The first-order chi connectivity index (χ1) is 9.27. The van der Waals surface area contributed by atoms with Crippen LogP contribution in [0.3, 0.4) is 0 Å². The fourth-order valence-corrected chi connectivity index (χ4v) is 1.48. The van der Waals surface area contributed by atoms with Crippen LogP contribution >= 0.6 is 0 Å². The number of rotatable bonds is 5. The summed E-state index contributed by atoms with van der Waals surface area (Å²) in [7, 11) is 3.60. The molecule has 0 radical (unpaired) electrons. The van der Waals surface area contributed by atoms with Crippen molar-refractivity contribution in [2.75, 3.05) is 37.8 Å². The Bertz CT molecular complexity index is 467. The largest absolute Gasteiger partial charge is 0.373 e. The molecule has 0 atom stereocenters. The van der Waals surface area contributed by atoms with Crippen LogP contribution in [0.2, 0.25) is 0 Å². The molecule has 1 aromatic rings. The summed E-state index contributed by atoms with van der Waals surface area (Å²) < 4.78 is 0. The molecule has 0 aromatic carbocycles. The Morgan fingerprint density at radius 2 is 1.90 bits per heavy atom. The summed E-state index contributed by atoms with van der Waals surface area (Å²) in [4.78, 5) is 22.4. The lowest BCUT2D eigenvalue weighted by Crippen LogP contribution is -2.32. The minimum absolute atomic E-state index is 0.0365. The van der Waals surface area contributed by atoms with Gasteiger partial charge >= 0.3 is 0 Å². The first-order valence-corrected chi connectivity index (χ1v) is 6.83. The lowest BCUT2D eigenvalue weighted by molar-refractivity contribution is -0.127. The van der Waals surface area contributed by atoms with Gasteiger partial charge in [0.1, 0.15) is 17.5 Å². The third-order valence-corrected chi connectivity index (χ3v) is 2.97. The Labute approximate surface area is 121 Å². The van der Waals surface area contributed by atoms with Crippen LogP contribution < -0.4 is 10.6 Å². The minimum atomic E-state index is -0.145. The van der Waals surface area contributed by atoms with Crippen LogP contribution in [0.25, 0.3) is 0 Å². The fraction of sp³-hybridized carbons (Fsp3) is 0.643. The molecule has 1 aromatic heterocycles. The molecule has 0 bridgehead atoms. The van der Waals surface area contributed by atoms with Gasteiger partial charge in [-0.25, -0.2) is 9.97 Å². The van der Waals surface area contributed by atoms with Crippen LogP contribution in [0, 0.1) is 0 Å². The number of carbonyl (C=O) groups is 1. The normalized spacial score (nSPS) is 11.1. The third kappa shape index (κ3) is 4.36. The molecule has 6 heteroatoms. The zero-order chi connectivity index (χ0) is 15.3. The van der Waals surface area contributed by atoms with Crippen LogP contribution in [-0.4, -0.2) is 48.0 Å². The highest BCUT2D eigenvalue weighted by molar-refractivity contribution is 5.80. The summed E-state index contributed by atoms with van der Waals surface area (Å²) in [6, 6.07) is 1.80. The van der Waals surface area contributed by atoms with Crippen molar-refractivity contribution in [3.05, 3.63) is 11.9 Å². The van der Waals surface area contributed by atoms with Gasteiger partial charge in [-0.3, -0.25) is 4.79 Å². The van der Waals surface area contributed by atoms with E-state index in [0.29, 0.717) is 12.4 Å². The molecule has 0 saturated heterocycles. The average molecular weight is 279 g/mol. The Kier molecular flexibility index (Phi) is 5.30. The molecule has 0 spiro atoms. The first kappa shape index (κ1) is 16.2. The van der Waals surface area contributed by atoms with E-state index < -0.39 is 0 Å². The van der Waals surface area contributed by atoms with Crippen LogP contribution in [-0.2, 0) is 10.2 Å². The summed E-state index contributed by atoms with van der Waals surface area (Å²) in [5, 5.41) is 6.08. The van der Waals surface area contributed by atoms with Crippen molar-refractivity contribution in [1.82, 2.24) is 14.9 Å². The number of carbonyl (C=O) groups excluding carboxylic acids is 1. The van der Waals surface area contributed by atoms with Gasteiger partial charge in [-0.05, 0) is 6.92 Å². The number of hydrogen-bond donors (Lipinski definition) is 2. The van der Waals surface area contributed by atoms with E-state index >= 15 is 0 Å². The number of aromatic nitrogens is 2. The molecule has 0 aliphatic carbocycles. The topological polar surface area (TPSA) is 70.2 Å². The van der Waals surface area contributed by atoms with E-state index in [1.54, 1.807) is 18.0 Å². The molecular weight excluding hydrogens is 254 g/mol. The molecule has 0 saturated carbocycles. The van der Waals surface area contributed by atoms with E-state index in [2.05, 4.69) is 41.4 Å². The SMILES string of the molecule is CCN(C)C(=O)CNc1cc(NC)nc(C(C)(C)C)n1. The summed E-state index contributed by atoms with van der Waals surface area (Å²) in [6.45, 7) is 9.04. The molecular formula is C14H25N5O. The van der Waals surface area contributed by atoms with Crippen molar-refractivity contribution >= 4 is 17.5 Å². The van der Waals surface area contributed by atoms with E-state index in [9.17, 15) is 4.79 Å². The molecule has 2 N–H and O–H groups in total. The second kappa shape index (κ2) is 6.54. The summed E-state index contributed by atoms with van der Waals surface area (Å²) in [5.41, 5.74) is -0.145. The molecule has 6 nitrogen and oxygen atoms in total. The Morgan fingerprint density at radius 3 is 2.40 bits per heavy atom. The highest BCUT2D eigenvalue weighted by Crippen LogP contribution is 2.21. The van der Waals surface area contributed by atoms with Gasteiger partial charge in [-0.2, -0.15) is 0 Å². The van der Waals surface area contributed by atoms with Crippen molar-refractivity contribution in [2.24, 2.45) is 0 Å². The van der Waals surface area contributed by atoms with Crippen LogP contribution in [0.4, 0.5) is 11.6 Å². The van der Waals surface area contributed by atoms with E-state index in [1.165, 1.54) is 0 Å². The monoisotopic (exact) mass is 279 g/mol. The van der Waals surface area contributed by atoms with Crippen LogP contribution in [0.1, 0.15) is 33.5 Å². The summed E-state index contributed by atoms with van der Waals surface area (Å²) >= 11 is 0. The Morgan fingerprint density at radius 1 is 1.30 bits per heavy atom. The predicted octanol–water partition coefficient (Wildman–Crippen LogP) is 1.71. The number of nitrogens with one attached hydrogen (secondary N) is 2. The predicted molar refractivity (Wildman–Crippen MR) is 82.1 cm³/mol. The van der Waals surface area contributed by atoms with Crippen molar-refractivity contribution in [1.29, 1.82) is 0 Å². The lowest BCUT2D eigenvalue weighted by atomic mass is 9.96. The molecule has 1 heterocycles. The van der Waals surface area contributed by atoms with Gasteiger partial charge in [-0.1, -0.05) is 20.8 Å². The van der Waals surface area contributed by atoms with Gasteiger partial charge in [-0.15, -0.1) is 0 Å². The van der Waals surface area contributed by atoms with Gasteiger partial charge in [0.25, 0.3) is 0 Å². The number of hydrogen-bond acceptors (Lipinski definition) is 5. The highest BCUT2D eigenvalue weighted by atomic mass is 16.2. The molecule has 1 amide bonds.